The summed E-state index contributed by atoms with van der Waals surface area (Å²) in [7, 11) is 0. The molecule has 0 bridgehead atoms. The van der Waals surface area contributed by atoms with Crippen LogP contribution in [-0.4, -0.2) is 0 Å². The highest BCUT2D eigenvalue weighted by Gasteiger charge is 2.16. The third-order valence-electron chi connectivity index (χ3n) is 2.43. The van der Waals surface area contributed by atoms with Crippen LogP contribution in [-0.2, 0) is 6.42 Å². The van der Waals surface area contributed by atoms with Gasteiger partial charge >= 0.3 is 0 Å². The normalized spacial score (nSPS) is 17.1. The fraction of sp³-hybridized carbons (Fsp3) is 0.571. The Hall–Kier alpha value is -0.780. The highest BCUT2D eigenvalue weighted by atomic mass is 14.2. The molecule has 0 aromatic heterocycles. The molecule has 14 heavy (non-hydrogen) atoms. The molecule has 2 rings (SSSR count). The molecule has 1 aliphatic rings. The van der Waals surface area contributed by atoms with E-state index in [1.54, 1.807) is 11.1 Å². The van der Waals surface area contributed by atoms with Crippen molar-refractivity contribution >= 4 is 0 Å². The Morgan fingerprint density at radius 3 is 2.14 bits per heavy atom. The minimum Gasteiger partial charge on any atom is -0.0683 e. The summed E-state index contributed by atoms with van der Waals surface area (Å²) in [4.78, 5) is 0. The van der Waals surface area contributed by atoms with Crippen LogP contribution in [0.4, 0.5) is 0 Å². The number of aryl methyl sites for hydroxylation is 1. The molecule has 0 fully saturated rings. The monoisotopic (exact) mass is 192 g/mol. The first-order valence-corrected chi connectivity index (χ1v) is 5.96. The van der Waals surface area contributed by atoms with Gasteiger partial charge < -0.3 is 0 Å². The molecule has 1 aromatic carbocycles. The van der Waals surface area contributed by atoms with E-state index in [-0.39, 0.29) is 0 Å². The van der Waals surface area contributed by atoms with E-state index >= 15 is 0 Å². The summed E-state index contributed by atoms with van der Waals surface area (Å²) in [6.07, 6.45) is 2.64. The van der Waals surface area contributed by atoms with Gasteiger partial charge in [-0.3, -0.25) is 0 Å². The fourth-order valence-corrected chi connectivity index (χ4v) is 1.77. The van der Waals surface area contributed by atoms with Crippen LogP contribution < -0.4 is 0 Å². The number of benzene rings is 1. The zero-order chi connectivity index (χ0) is 11.0. The van der Waals surface area contributed by atoms with Crippen LogP contribution in [0.2, 0.25) is 0 Å². The van der Waals surface area contributed by atoms with Crippen LogP contribution in [0, 0.1) is 0 Å². The minimum absolute atomic E-state index is 0.802. The maximum Gasteiger partial charge on any atom is -0.0184 e. The number of hydrogen-bond donors (Lipinski definition) is 0. The second kappa shape index (κ2) is 7.61. The Labute approximate surface area is 89.4 Å². The van der Waals surface area contributed by atoms with Crippen LogP contribution in [0.5, 0.6) is 0 Å². The maximum atomic E-state index is 2.31. The Bertz CT molecular complexity index is 238. The van der Waals surface area contributed by atoms with E-state index in [9.17, 15) is 0 Å². The van der Waals surface area contributed by atoms with E-state index in [1.807, 2.05) is 27.7 Å². The van der Waals surface area contributed by atoms with Gasteiger partial charge in [0.05, 0.1) is 0 Å². The second-order valence-electron chi connectivity index (χ2n) is 3.14. The molecule has 1 atom stereocenters. The number of fused-ring (bicyclic) bond motifs is 1. The highest BCUT2D eigenvalue weighted by molar-refractivity contribution is 5.33. The van der Waals surface area contributed by atoms with Crippen LogP contribution in [0.25, 0.3) is 0 Å². The Kier molecular flexibility index (Phi) is 7.18. The molecule has 80 valence electrons. The van der Waals surface area contributed by atoms with Gasteiger partial charge in [0.25, 0.3) is 0 Å². The molecule has 0 amide bonds. The van der Waals surface area contributed by atoms with Crippen molar-refractivity contribution in [3.05, 3.63) is 35.4 Å². The lowest BCUT2D eigenvalue weighted by Crippen LogP contribution is -1.83. The van der Waals surface area contributed by atoms with Crippen molar-refractivity contribution in [2.24, 2.45) is 0 Å². The summed E-state index contributed by atoms with van der Waals surface area (Å²) in [5.74, 6) is 0.802. The Morgan fingerprint density at radius 2 is 1.57 bits per heavy atom. The summed E-state index contributed by atoms with van der Waals surface area (Å²) in [5, 5.41) is 0. The van der Waals surface area contributed by atoms with Gasteiger partial charge in [-0.05, 0) is 29.9 Å². The lowest BCUT2D eigenvalue weighted by atomic mass is 10.0. The fourth-order valence-electron chi connectivity index (χ4n) is 1.77. The first kappa shape index (κ1) is 13.2. The van der Waals surface area contributed by atoms with Crippen LogP contribution in [0.1, 0.15) is 58.1 Å². The predicted molar refractivity (Wildman–Crippen MR) is 65.9 cm³/mol. The average Bonchev–Trinajstić information content (AvgIpc) is 2.67. The van der Waals surface area contributed by atoms with Crippen molar-refractivity contribution in [1.29, 1.82) is 0 Å². The maximum absolute atomic E-state index is 2.31. The van der Waals surface area contributed by atoms with Crippen LogP contribution in [0.15, 0.2) is 24.3 Å². The van der Waals surface area contributed by atoms with Crippen molar-refractivity contribution in [1.82, 2.24) is 0 Å². The van der Waals surface area contributed by atoms with Gasteiger partial charge in [-0.2, -0.15) is 0 Å². The second-order valence-corrected chi connectivity index (χ2v) is 3.14. The molecule has 0 N–H and O–H groups in total. The lowest BCUT2D eigenvalue weighted by molar-refractivity contribution is 0.747. The molecular weight excluding hydrogens is 168 g/mol. The zero-order valence-electron chi connectivity index (χ0n) is 10.3. The molecular formula is C14H24. The van der Waals surface area contributed by atoms with Gasteiger partial charge in [0.2, 0.25) is 0 Å². The van der Waals surface area contributed by atoms with Gasteiger partial charge in [0.1, 0.15) is 0 Å². The third kappa shape index (κ3) is 3.17. The minimum atomic E-state index is 0.802. The predicted octanol–water partition coefficient (Wildman–Crippen LogP) is 4.79. The molecule has 0 heterocycles. The van der Waals surface area contributed by atoms with E-state index in [0.29, 0.717) is 0 Å². The summed E-state index contributed by atoms with van der Waals surface area (Å²) in [6.45, 7) is 10.3. The molecule has 0 saturated heterocycles. The first-order chi connectivity index (χ1) is 6.88. The molecule has 0 nitrogen and oxygen atoms in total. The van der Waals surface area contributed by atoms with Crippen LogP contribution >= 0.6 is 0 Å². The van der Waals surface area contributed by atoms with Gasteiger partial charge in [0.15, 0.2) is 0 Å². The quantitative estimate of drug-likeness (QED) is 0.554. The summed E-state index contributed by atoms with van der Waals surface area (Å²) < 4.78 is 0. The van der Waals surface area contributed by atoms with Crippen molar-refractivity contribution in [2.45, 2.75) is 53.4 Å². The van der Waals surface area contributed by atoms with E-state index in [1.165, 1.54) is 12.8 Å². The molecule has 0 aliphatic heterocycles. The molecule has 0 heteroatoms. The van der Waals surface area contributed by atoms with Crippen molar-refractivity contribution in [3.63, 3.8) is 0 Å². The first-order valence-electron chi connectivity index (χ1n) is 5.96. The third-order valence-corrected chi connectivity index (χ3v) is 2.43. The van der Waals surface area contributed by atoms with Gasteiger partial charge in [-0.25, -0.2) is 0 Å². The van der Waals surface area contributed by atoms with Crippen molar-refractivity contribution in [2.75, 3.05) is 0 Å². The highest BCUT2D eigenvalue weighted by Crippen LogP contribution is 2.31. The largest absolute Gasteiger partial charge is 0.0683 e. The standard InChI is InChI=1S/C10H12.2C2H6/c1-8-6-7-9-4-2-3-5-10(8)9;2*1-2/h2-5,8H,6-7H2,1H3;2*1-2H3. The zero-order valence-corrected chi connectivity index (χ0v) is 10.3. The molecule has 1 aliphatic carbocycles. The topological polar surface area (TPSA) is 0 Å². The Balaban J connectivity index is 0.000000379. The van der Waals surface area contributed by atoms with Gasteiger partial charge in [-0.1, -0.05) is 58.9 Å². The molecule has 1 unspecified atom stereocenters. The van der Waals surface area contributed by atoms with E-state index < -0.39 is 0 Å². The smallest absolute Gasteiger partial charge is 0.0184 e. The summed E-state index contributed by atoms with van der Waals surface area (Å²) >= 11 is 0. The SMILES string of the molecule is CC.CC.CC1CCc2ccccc21. The Morgan fingerprint density at radius 1 is 1.00 bits per heavy atom. The van der Waals surface area contributed by atoms with E-state index in [2.05, 4.69) is 31.2 Å². The van der Waals surface area contributed by atoms with Crippen molar-refractivity contribution in [3.8, 4) is 0 Å². The van der Waals surface area contributed by atoms with E-state index in [0.717, 1.165) is 5.92 Å². The number of hydrogen-bond acceptors (Lipinski definition) is 0. The van der Waals surface area contributed by atoms with Gasteiger partial charge in [-0.15, -0.1) is 0 Å². The van der Waals surface area contributed by atoms with Crippen LogP contribution in [0.3, 0.4) is 0 Å². The molecule has 0 saturated carbocycles. The summed E-state index contributed by atoms with van der Waals surface area (Å²) in [6, 6.07) is 8.78. The van der Waals surface area contributed by atoms with E-state index in [4.69, 9.17) is 0 Å². The molecule has 0 spiro atoms. The van der Waals surface area contributed by atoms with Gasteiger partial charge in [0, 0.05) is 0 Å². The van der Waals surface area contributed by atoms with Crippen molar-refractivity contribution < 1.29 is 0 Å². The summed E-state index contributed by atoms with van der Waals surface area (Å²) in [5.41, 5.74) is 3.14. The molecule has 1 aromatic rings. The molecule has 0 radical (unpaired) electrons. The lowest BCUT2D eigenvalue weighted by Gasteiger charge is -2.01. The number of rotatable bonds is 0. The average molecular weight is 192 g/mol.